The van der Waals surface area contributed by atoms with Gasteiger partial charge in [0.05, 0.1) is 12.9 Å². The van der Waals surface area contributed by atoms with Crippen LogP contribution in [0.3, 0.4) is 0 Å². The Bertz CT molecular complexity index is 359. The predicted molar refractivity (Wildman–Crippen MR) is 64.3 cm³/mol. The van der Waals surface area contributed by atoms with Gasteiger partial charge in [-0.05, 0) is 13.1 Å². The third kappa shape index (κ3) is 3.12. The van der Waals surface area contributed by atoms with Gasteiger partial charge in [-0.2, -0.15) is 0 Å². The Morgan fingerprint density at radius 1 is 1.69 bits per heavy atom. The topological polar surface area (TPSA) is 64.5 Å². The molecule has 0 saturated carbocycles. The Balaban J connectivity index is 2.66. The molecule has 5 nitrogen and oxygen atoms in total. The number of aromatic amines is 1. The minimum atomic E-state index is 0.0957. The lowest BCUT2D eigenvalue weighted by Gasteiger charge is -2.22. The van der Waals surface area contributed by atoms with E-state index in [1.54, 1.807) is 0 Å². The third-order valence-corrected chi connectivity index (χ3v) is 2.36. The molecular formula is C11H18N4O. The van der Waals surface area contributed by atoms with E-state index in [0.717, 1.165) is 19.4 Å². The summed E-state index contributed by atoms with van der Waals surface area (Å²) in [4.78, 5) is 12.4. The van der Waals surface area contributed by atoms with Crippen LogP contribution in [0.15, 0.2) is 23.7 Å². The van der Waals surface area contributed by atoms with E-state index < -0.39 is 0 Å². The van der Waals surface area contributed by atoms with Gasteiger partial charge in [0.2, 0.25) is 5.88 Å². The monoisotopic (exact) mass is 222 g/mol. The summed E-state index contributed by atoms with van der Waals surface area (Å²) in [6.45, 7) is 10.7. The highest BCUT2D eigenvalue weighted by atomic mass is 16.3. The molecule has 0 atom stereocenters. The van der Waals surface area contributed by atoms with Crippen molar-refractivity contribution in [3.63, 3.8) is 0 Å². The highest BCUT2D eigenvalue weighted by Gasteiger charge is 2.11. The fourth-order valence-electron chi connectivity index (χ4n) is 1.36. The number of hydrogen-bond donors (Lipinski definition) is 2. The van der Waals surface area contributed by atoms with Crippen LogP contribution < -0.4 is 0 Å². The molecule has 0 spiro atoms. The number of aromatic nitrogens is 2. The first-order valence-corrected chi connectivity index (χ1v) is 5.30. The molecule has 1 rings (SSSR count). The first-order valence-electron chi connectivity index (χ1n) is 5.30. The van der Waals surface area contributed by atoms with Crippen molar-refractivity contribution in [1.82, 2.24) is 14.9 Å². The molecule has 1 aromatic heterocycles. The second-order valence-corrected chi connectivity index (χ2v) is 3.55. The normalized spacial score (nSPS) is 10.1. The fraction of sp³-hybridized carbons (Fsp3) is 0.455. The highest BCUT2D eigenvalue weighted by molar-refractivity contribution is 5.28. The number of nitrogens with one attached hydrogen (secondary N) is 1. The van der Waals surface area contributed by atoms with Crippen LogP contribution in [-0.4, -0.2) is 33.2 Å². The zero-order valence-corrected chi connectivity index (χ0v) is 9.61. The number of rotatable bonds is 7. The van der Waals surface area contributed by atoms with Gasteiger partial charge in [-0.15, -0.1) is 0 Å². The Hall–Kier alpha value is -1.78. The summed E-state index contributed by atoms with van der Waals surface area (Å²) in [6.07, 6.45) is 3.60. The molecule has 88 valence electrons. The van der Waals surface area contributed by atoms with Gasteiger partial charge < -0.3 is 15.0 Å². The smallest absolute Gasteiger partial charge is 0.213 e. The zero-order chi connectivity index (χ0) is 12.0. The molecule has 0 amide bonds. The first-order chi connectivity index (χ1) is 7.69. The van der Waals surface area contributed by atoms with Crippen LogP contribution >= 0.6 is 0 Å². The standard InChI is InChI=1S/C11H18N4O/c1-4-5-6-15(9(2)12-3)7-10-11(16)14-8-13-10/h8,16H,2-7H2,1H3,(H,13,14). The van der Waals surface area contributed by atoms with E-state index in [4.69, 9.17) is 0 Å². The van der Waals surface area contributed by atoms with Gasteiger partial charge in [-0.25, -0.2) is 9.98 Å². The lowest BCUT2D eigenvalue weighted by molar-refractivity contribution is 0.318. The average molecular weight is 222 g/mol. The number of hydrogen-bond acceptors (Lipinski definition) is 4. The molecule has 2 N–H and O–H groups in total. The van der Waals surface area contributed by atoms with E-state index in [0.29, 0.717) is 18.1 Å². The summed E-state index contributed by atoms with van der Waals surface area (Å²) in [6, 6.07) is 0. The minimum absolute atomic E-state index is 0.0957. The molecule has 0 aliphatic rings. The van der Waals surface area contributed by atoms with Crippen LogP contribution in [0.4, 0.5) is 0 Å². The van der Waals surface area contributed by atoms with Crippen LogP contribution in [-0.2, 0) is 6.54 Å². The highest BCUT2D eigenvalue weighted by Crippen LogP contribution is 2.16. The number of unbranched alkanes of at least 4 members (excludes halogenated alkanes) is 1. The number of H-pyrrole nitrogens is 1. The maximum absolute atomic E-state index is 9.46. The first kappa shape index (κ1) is 12.3. The van der Waals surface area contributed by atoms with E-state index in [1.807, 2.05) is 4.90 Å². The fourth-order valence-corrected chi connectivity index (χ4v) is 1.36. The average Bonchev–Trinajstić information content (AvgIpc) is 2.69. The maximum Gasteiger partial charge on any atom is 0.213 e. The molecule has 1 heterocycles. The molecule has 0 aromatic carbocycles. The molecule has 0 unspecified atom stereocenters. The molecular weight excluding hydrogens is 204 g/mol. The minimum Gasteiger partial charge on any atom is -0.493 e. The Morgan fingerprint density at radius 2 is 2.44 bits per heavy atom. The van der Waals surface area contributed by atoms with Crippen molar-refractivity contribution in [2.24, 2.45) is 4.99 Å². The van der Waals surface area contributed by atoms with Crippen molar-refractivity contribution in [3.8, 4) is 5.88 Å². The Labute approximate surface area is 95.5 Å². The van der Waals surface area contributed by atoms with Crippen molar-refractivity contribution in [2.75, 3.05) is 6.54 Å². The number of imidazole rings is 1. The van der Waals surface area contributed by atoms with Gasteiger partial charge in [0, 0.05) is 6.54 Å². The molecule has 16 heavy (non-hydrogen) atoms. The van der Waals surface area contributed by atoms with Gasteiger partial charge in [-0.3, -0.25) is 0 Å². The van der Waals surface area contributed by atoms with E-state index >= 15 is 0 Å². The van der Waals surface area contributed by atoms with Crippen LogP contribution in [0, 0.1) is 0 Å². The van der Waals surface area contributed by atoms with Gasteiger partial charge >= 0.3 is 0 Å². The van der Waals surface area contributed by atoms with Crippen LogP contribution in [0.5, 0.6) is 5.88 Å². The third-order valence-electron chi connectivity index (χ3n) is 2.36. The summed E-state index contributed by atoms with van der Waals surface area (Å²) < 4.78 is 0. The van der Waals surface area contributed by atoms with Gasteiger partial charge in [-0.1, -0.05) is 19.9 Å². The molecule has 0 bridgehead atoms. The SMILES string of the molecule is C=NC(=C)N(CCCC)Cc1nc[nH]c1O. The molecule has 0 fully saturated rings. The van der Waals surface area contributed by atoms with Crippen molar-refractivity contribution < 1.29 is 5.11 Å². The lowest BCUT2D eigenvalue weighted by Crippen LogP contribution is -2.22. The van der Waals surface area contributed by atoms with Gasteiger partial charge in [0.15, 0.2) is 0 Å². The zero-order valence-electron chi connectivity index (χ0n) is 9.61. The molecule has 0 aliphatic heterocycles. The Morgan fingerprint density at radius 3 is 2.94 bits per heavy atom. The number of aliphatic imine (C=N–C) groups is 1. The number of nitrogens with zero attached hydrogens (tertiary/aromatic N) is 3. The maximum atomic E-state index is 9.46. The molecule has 1 aromatic rings. The summed E-state index contributed by atoms with van der Waals surface area (Å²) >= 11 is 0. The second-order valence-electron chi connectivity index (χ2n) is 3.55. The van der Waals surface area contributed by atoms with Gasteiger partial charge in [0.25, 0.3) is 0 Å². The second kappa shape index (κ2) is 5.95. The summed E-state index contributed by atoms with van der Waals surface area (Å²) in [5.74, 6) is 0.703. The molecule has 0 radical (unpaired) electrons. The predicted octanol–water partition coefficient (Wildman–Crippen LogP) is 1.89. The van der Waals surface area contributed by atoms with Crippen molar-refractivity contribution in [1.29, 1.82) is 0 Å². The van der Waals surface area contributed by atoms with E-state index in [1.165, 1.54) is 6.33 Å². The van der Waals surface area contributed by atoms with Crippen molar-refractivity contribution in [2.45, 2.75) is 26.3 Å². The van der Waals surface area contributed by atoms with Crippen LogP contribution in [0.2, 0.25) is 0 Å². The summed E-state index contributed by atoms with van der Waals surface area (Å²) in [5.41, 5.74) is 0.598. The molecule has 5 heteroatoms. The largest absolute Gasteiger partial charge is 0.493 e. The number of aromatic hydroxyl groups is 1. The summed E-state index contributed by atoms with van der Waals surface area (Å²) in [5, 5.41) is 9.46. The van der Waals surface area contributed by atoms with E-state index in [9.17, 15) is 5.11 Å². The summed E-state index contributed by atoms with van der Waals surface area (Å²) in [7, 11) is 0. The lowest BCUT2D eigenvalue weighted by atomic mass is 10.3. The van der Waals surface area contributed by atoms with Crippen molar-refractivity contribution >= 4 is 6.72 Å². The molecule has 0 aliphatic carbocycles. The van der Waals surface area contributed by atoms with E-state index in [-0.39, 0.29) is 5.88 Å². The van der Waals surface area contributed by atoms with Crippen molar-refractivity contribution in [3.05, 3.63) is 24.4 Å². The van der Waals surface area contributed by atoms with Crippen LogP contribution in [0.1, 0.15) is 25.5 Å². The van der Waals surface area contributed by atoms with Crippen LogP contribution in [0.25, 0.3) is 0 Å². The Kier molecular flexibility index (Phi) is 4.57. The van der Waals surface area contributed by atoms with E-state index in [2.05, 4.69) is 35.2 Å². The quantitative estimate of drug-likeness (QED) is 0.692. The molecule has 0 saturated heterocycles. The van der Waals surface area contributed by atoms with Gasteiger partial charge in [0.1, 0.15) is 11.5 Å².